The molecule has 0 bridgehead atoms. The third-order valence-electron chi connectivity index (χ3n) is 2.53. The van der Waals surface area contributed by atoms with Gasteiger partial charge < -0.3 is 14.7 Å². The van der Waals surface area contributed by atoms with Gasteiger partial charge >= 0.3 is 6.09 Å². The number of likely N-dealkylation sites (tertiary alicyclic amines) is 1. The molecule has 1 aliphatic heterocycles. The number of carbonyl (C=O) groups excluding carboxylic acids is 1. The van der Waals surface area contributed by atoms with Crippen molar-refractivity contribution in [2.75, 3.05) is 13.1 Å². The first-order valence-electron chi connectivity index (χ1n) is 5.24. The highest BCUT2D eigenvalue weighted by Gasteiger charge is 2.25. The van der Waals surface area contributed by atoms with Crippen LogP contribution in [0.2, 0.25) is 0 Å². The Hall–Kier alpha value is -1.62. The Labute approximate surface area is 93.7 Å². The summed E-state index contributed by atoms with van der Waals surface area (Å²) < 4.78 is 5.11. The molecule has 1 N–H and O–H groups in total. The molecule has 1 amide bonds. The molecule has 1 aromatic rings. The van der Waals surface area contributed by atoms with Gasteiger partial charge in [-0.05, 0) is 24.1 Å². The normalized spacial score (nSPS) is 19.8. The summed E-state index contributed by atoms with van der Waals surface area (Å²) >= 11 is 0. The molecule has 0 spiro atoms. The first kappa shape index (κ1) is 10.9. The van der Waals surface area contributed by atoms with E-state index in [1.165, 1.54) is 4.90 Å². The topological polar surface area (TPSA) is 62.7 Å². The minimum Gasteiger partial charge on any atom is -0.445 e. The Morgan fingerprint density at radius 2 is 2.31 bits per heavy atom. The summed E-state index contributed by atoms with van der Waals surface area (Å²) in [6, 6.07) is 3.60. The molecule has 1 saturated heterocycles. The van der Waals surface area contributed by atoms with Gasteiger partial charge in [0.1, 0.15) is 6.61 Å². The quantitative estimate of drug-likeness (QED) is 0.803. The van der Waals surface area contributed by atoms with Crippen molar-refractivity contribution in [3.05, 3.63) is 30.1 Å². The SMILES string of the molecule is O=C(OCc1ccncc1)N1CC[C@@H](O)C1. The first-order chi connectivity index (χ1) is 7.75. The Morgan fingerprint density at radius 3 is 2.94 bits per heavy atom. The molecule has 1 atom stereocenters. The number of amides is 1. The lowest BCUT2D eigenvalue weighted by atomic mass is 10.3. The minimum atomic E-state index is -0.409. The van der Waals surface area contributed by atoms with Crippen molar-refractivity contribution in [2.45, 2.75) is 19.1 Å². The average Bonchev–Trinajstić information content (AvgIpc) is 2.74. The van der Waals surface area contributed by atoms with E-state index in [0.29, 0.717) is 19.5 Å². The van der Waals surface area contributed by atoms with Crippen LogP contribution in [0.15, 0.2) is 24.5 Å². The fraction of sp³-hybridized carbons (Fsp3) is 0.455. The van der Waals surface area contributed by atoms with Crippen LogP contribution in [0.4, 0.5) is 4.79 Å². The summed E-state index contributed by atoms with van der Waals surface area (Å²) in [6.07, 6.45) is 3.16. The summed E-state index contributed by atoms with van der Waals surface area (Å²) in [4.78, 5) is 16.9. The van der Waals surface area contributed by atoms with Crippen LogP contribution >= 0.6 is 0 Å². The van der Waals surface area contributed by atoms with Crippen LogP contribution in [0.3, 0.4) is 0 Å². The lowest BCUT2D eigenvalue weighted by Gasteiger charge is -2.15. The third kappa shape index (κ3) is 2.70. The molecule has 0 unspecified atom stereocenters. The van der Waals surface area contributed by atoms with Gasteiger partial charge in [0, 0.05) is 25.5 Å². The Bertz CT molecular complexity index is 356. The molecule has 0 aliphatic carbocycles. The number of hydrogen-bond donors (Lipinski definition) is 1. The van der Waals surface area contributed by atoms with Gasteiger partial charge in [0.05, 0.1) is 6.10 Å². The smallest absolute Gasteiger partial charge is 0.410 e. The summed E-state index contributed by atoms with van der Waals surface area (Å²) in [6.45, 7) is 1.18. The molecule has 0 radical (unpaired) electrons. The lowest BCUT2D eigenvalue weighted by Crippen LogP contribution is -2.30. The molecule has 5 heteroatoms. The van der Waals surface area contributed by atoms with E-state index >= 15 is 0 Å². The Balaban J connectivity index is 1.80. The molecule has 0 aromatic carbocycles. The molecule has 16 heavy (non-hydrogen) atoms. The Kier molecular flexibility index (Phi) is 3.36. The summed E-state index contributed by atoms with van der Waals surface area (Å²) in [7, 11) is 0. The second kappa shape index (κ2) is 4.94. The van der Waals surface area contributed by atoms with Crippen LogP contribution in [-0.2, 0) is 11.3 Å². The first-order valence-corrected chi connectivity index (χ1v) is 5.24. The number of ether oxygens (including phenoxy) is 1. The number of rotatable bonds is 2. The molecule has 5 nitrogen and oxygen atoms in total. The molecule has 0 saturated carbocycles. The van der Waals surface area contributed by atoms with Gasteiger partial charge in [-0.15, -0.1) is 0 Å². The van der Waals surface area contributed by atoms with Gasteiger partial charge in [0.2, 0.25) is 0 Å². The lowest BCUT2D eigenvalue weighted by molar-refractivity contribution is 0.0971. The van der Waals surface area contributed by atoms with Crippen molar-refractivity contribution in [2.24, 2.45) is 0 Å². The zero-order chi connectivity index (χ0) is 11.4. The van der Waals surface area contributed by atoms with E-state index in [0.717, 1.165) is 5.56 Å². The van der Waals surface area contributed by atoms with Crippen LogP contribution in [0.1, 0.15) is 12.0 Å². The van der Waals surface area contributed by atoms with Crippen molar-refractivity contribution in [3.63, 3.8) is 0 Å². The van der Waals surface area contributed by atoms with Gasteiger partial charge in [0.25, 0.3) is 0 Å². The highest BCUT2D eigenvalue weighted by atomic mass is 16.6. The zero-order valence-corrected chi connectivity index (χ0v) is 8.87. The average molecular weight is 222 g/mol. The number of aliphatic hydroxyl groups excluding tert-OH is 1. The number of aromatic nitrogens is 1. The van der Waals surface area contributed by atoms with Gasteiger partial charge in [0.15, 0.2) is 0 Å². The highest BCUT2D eigenvalue weighted by Crippen LogP contribution is 2.11. The summed E-state index contributed by atoms with van der Waals surface area (Å²) in [5.41, 5.74) is 0.906. The van der Waals surface area contributed by atoms with E-state index in [2.05, 4.69) is 4.98 Å². The van der Waals surface area contributed by atoms with Crippen LogP contribution in [-0.4, -0.2) is 40.3 Å². The molecule has 2 rings (SSSR count). The standard InChI is InChI=1S/C11H14N2O3/c14-10-3-6-13(7-10)11(15)16-8-9-1-4-12-5-2-9/h1-2,4-5,10,14H,3,6-8H2/t10-/m1/s1. The molecule has 1 fully saturated rings. The molecule has 2 heterocycles. The second-order valence-corrected chi connectivity index (χ2v) is 3.80. The number of β-amino-alcohol motifs (C(OH)–C–C–N with tert-alkyl or cyclic N) is 1. The number of pyridine rings is 1. The molecule has 1 aliphatic rings. The van der Waals surface area contributed by atoms with E-state index in [4.69, 9.17) is 4.74 Å². The number of nitrogens with zero attached hydrogens (tertiary/aromatic N) is 2. The van der Waals surface area contributed by atoms with Crippen molar-refractivity contribution in [1.82, 2.24) is 9.88 Å². The minimum absolute atomic E-state index is 0.244. The maximum absolute atomic E-state index is 11.5. The van der Waals surface area contributed by atoms with E-state index in [1.54, 1.807) is 24.5 Å². The van der Waals surface area contributed by atoms with Crippen LogP contribution < -0.4 is 0 Å². The largest absolute Gasteiger partial charge is 0.445 e. The second-order valence-electron chi connectivity index (χ2n) is 3.80. The molecule has 1 aromatic heterocycles. The fourth-order valence-electron chi connectivity index (χ4n) is 1.62. The third-order valence-corrected chi connectivity index (χ3v) is 2.53. The predicted octanol–water partition coefficient (Wildman–Crippen LogP) is 0.785. The maximum atomic E-state index is 11.5. The monoisotopic (exact) mass is 222 g/mol. The molecule has 86 valence electrons. The zero-order valence-electron chi connectivity index (χ0n) is 8.87. The van der Waals surface area contributed by atoms with Crippen LogP contribution in [0.25, 0.3) is 0 Å². The fourth-order valence-corrected chi connectivity index (χ4v) is 1.62. The van der Waals surface area contributed by atoms with Gasteiger partial charge in [-0.2, -0.15) is 0 Å². The molecular formula is C11H14N2O3. The van der Waals surface area contributed by atoms with Crippen LogP contribution in [0, 0.1) is 0 Å². The van der Waals surface area contributed by atoms with Crippen molar-refractivity contribution < 1.29 is 14.6 Å². The number of hydrogen-bond acceptors (Lipinski definition) is 4. The Morgan fingerprint density at radius 1 is 1.56 bits per heavy atom. The molecular weight excluding hydrogens is 208 g/mol. The van der Waals surface area contributed by atoms with E-state index < -0.39 is 6.10 Å². The number of carbonyl (C=O) groups is 1. The van der Waals surface area contributed by atoms with Crippen molar-refractivity contribution >= 4 is 6.09 Å². The predicted molar refractivity (Wildman–Crippen MR) is 56.6 cm³/mol. The maximum Gasteiger partial charge on any atom is 0.410 e. The summed E-state index contributed by atoms with van der Waals surface area (Å²) in [5.74, 6) is 0. The van der Waals surface area contributed by atoms with E-state index in [-0.39, 0.29) is 12.7 Å². The van der Waals surface area contributed by atoms with Crippen molar-refractivity contribution in [1.29, 1.82) is 0 Å². The van der Waals surface area contributed by atoms with E-state index in [1.807, 2.05) is 0 Å². The highest BCUT2D eigenvalue weighted by molar-refractivity contribution is 5.68. The summed E-state index contributed by atoms with van der Waals surface area (Å²) in [5, 5.41) is 9.28. The van der Waals surface area contributed by atoms with Crippen molar-refractivity contribution in [3.8, 4) is 0 Å². The van der Waals surface area contributed by atoms with Gasteiger partial charge in [-0.25, -0.2) is 4.79 Å². The van der Waals surface area contributed by atoms with Gasteiger partial charge in [-0.3, -0.25) is 4.98 Å². The van der Waals surface area contributed by atoms with Crippen LogP contribution in [0.5, 0.6) is 0 Å². The van der Waals surface area contributed by atoms with E-state index in [9.17, 15) is 9.90 Å². The van der Waals surface area contributed by atoms with Gasteiger partial charge in [-0.1, -0.05) is 0 Å². The number of aliphatic hydroxyl groups is 1.